The summed E-state index contributed by atoms with van der Waals surface area (Å²) in [4.78, 5) is 5.22. The molecule has 3 nitrogen and oxygen atoms in total. The molecule has 2 aliphatic rings. The van der Waals surface area contributed by atoms with Crippen LogP contribution in [0.2, 0.25) is 0 Å². The van der Waals surface area contributed by atoms with E-state index in [2.05, 4.69) is 36.0 Å². The molecule has 0 amide bonds. The fourth-order valence-electron chi connectivity index (χ4n) is 3.54. The maximum atomic E-state index is 3.64. The van der Waals surface area contributed by atoms with Gasteiger partial charge in [0, 0.05) is 31.2 Å². The van der Waals surface area contributed by atoms with Crippen LogP contribution in [0.4, 0.5) is 0 Å². The summed E-state index contributed by atoms with van der Waals surface area (Å²) in [5.74, 6) is 0. The van der Waals surface area contributed by atoms with Gasteiger partial charge in [0.15, 0.2) is 0 Å². The van der Waals surface area contributed by atoms with Gasteiger partial charge in [-0.25, -0.2) is 0 Å². The lowest BCUT2D eigenvalue weighted by molar-refractivity contribution is 0.106. The summed E-state index contributed by atoms with van der Waals surface area (Å²) in [6.45, 7) is 9.27. The number of nitrogens with one attached hydrogen (secondary N) is 1. The third-order valence-corrected chi connectivity index (χ3v) is 4.66. The Hall–Kier alpha value is -0.120. The number of hydrogen-bond acceptors (Lipinski definition) is 3. The normalized spacial score (nSPS) is 33.5. The minimum Gasteiger partial charge on any atom is -0.314 e. The maximum Gasteiger partial charge on any atom is 0.0115 e. The molecule has 17 heavy (non-hydrogen) atoms. The zero-order chi connectivity index (χ0) is 12.3. The fourth-order valence-corrected chi connectivity index (χ4v) is 3.54. The maximum absolute atomic E-state index is 3.64. The van der Waals surface area contributed by atoms with Crippen LogP contribution in [0.25, 0.3) is 0 Å². The molecule has 1 N–H and O–H groups in total. The van der Waals surface area contributed by atoms with Crippen molar-refractivity contribution in [1.29, 1.82) is 0 Å². The lowest BCUT2D eigenvalue weighted by atomic mass is 9.97. The van der Waals surface area contributed by atoms with Crippen LogP contribution < -0.4 is 5.32 Å². The molecule has 0 aromatic rings. The second-order valence-electron chi connectivity index (χ2n) is 5.74. The van der Waals surface area contributed by atoms with Gasteiger partial charge in [0.2, 0.25) is 0 Å². The first-order valence-corrected chi connectivity index (χ1v) is 7.42. The Bertz CT molecular complexity index is 218. The summed E-state index contributed by atoms with van der Waals surface area (Å²) in [7, 11) is 2.23. The Kier molecular flexibility index (Phi) is 4.83. The molecule has 2 fully saturated rings. The SMILES string of the molecule is CCNC1CC2CCC(C1)N2CCN(C)CC. The standard InChI is InChI=1S/C14H29N3/c1-4-15-12-10-13-6-7-14(11-12)17(13)9-8-16(3)5-2/h12-15H,4-11H2,1-3H3. The van der Waals surface area contributed by atoms with Gasteiger partial charge in [-0.1, -0.05) is 13.8 Å². The van der Waals surface area contributed by atoms with E-state index < -0.39 is 0 Å². The largest absolute Gasteiger partial charge is 0.314 e. The van der Waals surface area contributed by atoms with Crippen LogP contribution in [0.3, 0.4) is 0 Å². The molecule has 2 atom stereocenters. The molecule has 0 aliphatic carbocycles. The highest BCUT2D eigenvalue weighted by atomic mass is 15.3. The van der Waals surface area contributed by atoms with Crippen LogP contribution in [-0.2, 0) is 0 Å². The van der Waals surface area contributed by atoms with Gasteiger partial charge in [0.25, 0.3) is 0 Å². The van der Waals surface area contributed by atoms with Gasteiger partial charge < -0.3 is 10.2 Å². The molecule has 2 aliphatic heterocycles. The monoisotopic (exact) mass is 239 g/mol. The van der Waals surface area contributed by atoms with E-state index in [0.717, 1.165) is 24.7 Å². The lowest BCUT2D eigenvalue weighted by Crippen LogP contribution is -2.50. The summed E-state index contributed by atoms with van der Waals surface area (Å²) in [5.41, 5.74) is 0. The first kappa shape index (κ1) is 13.3. The van der Waals surface area contributed by atoms with Crippen molar-refractivity contribution in [3.63, 3.8) is 0 Å². The number of nitrogens with zero attached hydrogens (tertiary/aromatic N) is 2. The van der Waals surface area contributed by atoms with E-state index in [1.165, 1.54) is 45.3 Å². The van der Waals surface area contributed by atoms with Crippen LogP contribution >= 0.6 is 0 Å². The average molecular weight is 239 g/mol. The minimum atomic E-state index is 0.789. The van der Waals surface area contributed by atoms with Gasteiger partial charge >= 0.3 is 0 Å². The number of hydrogen-bond donors (Lipinski definition) is 1. The Morgan fingerprint density at radius 3 is 2.35 bits per heavy atom. The van der Waals surface area contributed by atoms with Crippen LogP contribution in [0, 0.1) is 0 Å². The first-order chi connectivity index (χ1) is 8.24. The molecule has 0 aromatic carbocycles. The average Bonchev–Trinajstić information content (AvgIpc) is 2.57. The van der Waals surface area contributed by atoms with Crippen LogP contribution in [-0.4, -0.2) is 61.2 Å². The summed E-state index contributed by atoms with van der Waals surface area (Å²) in [5, 5.41) is 3.64. The predicted molar refractivity (Wildman–Crippen MR) is 73.4 cm³/mol. The van der Waals surface area contributed by atoms with E-state index in [1.807, 2.05) is 0 Å². The molecule has 0 saturated carbocycles. The Morgan fingerprint density at radius 2 is 1.82 bits per heavy atom. The molecule has 100 valence electrons. The summed E-state index contributed by atoms with van der Waals surface area (Å²) >= 11 is 0. The van der Waals surface area contributed by atoms with Gasteiger partial charge in [-0.15, -0.1) is 0 Å². The van der Waals surface area contributed by atoms with E-state index in [-0.39, 0.29) is 0 Å². The van der Waals surface area contributed by atoms with Crippen molar-refractivity contribution in [2.45, 2.75) is 57.7 Å². The number of fused-ring (bicyclic) bond motifs is 2. The summed E-state index contributed by atoms with van der Waals surface area (Å²) in [6.07, 6.45) is 5.62. The minimum absolute atomic E-state index is 0.789. The van der Waals surface area contributed by atoms with Crippen LogP contribution in [0.15, 0.2) is 0 Å². The smallest absolute Gasteiger partial charge is 0.0115 e. The quantitative estimate of drug-likeness (QED) is 0.758. The highest BCUT2D eigenvalue weighted by Crippen LogP contribution is 2.35. The van der Waals surface area contributed by atoms with Gasteiger partial charge in [-0.2, -0.15) is 0 Å². The zero-order valence-corrected chi connectivity index (χ0v) is 11.8. The molecule has 2 bridgehead atoms. The molecule has 2 unspecified atom stereocenters. The molecular formula is C14H29N3. The van der Waals surface area contributed by atoms with E-state index in [1.54, 1.807) is 0 Å². The Morgan fingerprint density at radius 1 is 1.18 bits per heavy atom. The van der Waals surface area contributed by atoms with E-state index in [4.69, 9.17) is 0 Å². The van der Waals surface area contributed by atoms with Crippen molar-refractivity contribution in [2.24, 2.45) is 0 Å². The highest BCUT2D eigenvalue weighted by molar-refractivity contribution is 4.97. The Balaban J connectivity index is 1.81. The molecule has 0 radical (unpaired) electrons. The molecule has 0 spiro atoms. The Labute approximate surface area is 107 Å². The fraction of sp³-hybridized carbons (Fsp3) is 1.00. The first-order valence-electron chi connectivity index (χ1n) is 7.42. The lowest BCUT2D eigenvalue weighted by Gasteiger charge is -2.39. The van der Waals surface area contributed by atoms with E-state index >= 15 is 0 Å². The van der Waals surface area contributed by atoms with Gasteiger partial charge in [-0.3, -0.25) is 4.90 Å². The second-order valence-corrected chi connectivity index (χ2v) is 5.74. The summed E-state index contributed by atoms with van der Waals surface area (Å²) < 4.78 is 0. The number of piperidine rings is 1. The van der Waals surface area contributed by atoms with Crippen LogP contribution in [0.5, 0.6) is 0 Å². The van der Waals surface area contributed by atoms with E-state index in [0.29, 0.717) is 0 Å². The number of rotatable bonds is 6. The van der Waals surface area contributed by atoms with Gasteiger partial charge in [0.1, 0.15) is 0 Å². The van der Waals surface area contributed by atoms with Crippen molar-refractivity contribution >= 4 is 0 Å². The van der Waals surface area contributed by atoms with Crippen molar-refractivity contribution in [2.75, 3.05) is 33.2 Å². The third-order valence-electron chi connectivity index (χ3n) is 4.66. The van der Waals surface area contributed by atoms with Crippen molar-refractivity contribution in [3.05, 3.63) is 0 Å². The summed E-state index contributed by atoms with van der Waals surface area (Å²) in [6, 6.07) is 2.52. The number of likely N-dealkylation sites (N-methyl/N-ethyl adjacent to an activating group) is 1. The molecule has 2 saturated heterocycles. The zero-order valence-electron chi connectivity index (χ0n) is 11.8. The predicted octanol–water partition coefficient (Wildman–Crippen LogP) is 1.54. The van der Waals surface area contributed by atoms with Crippen LogP contribution in [0.1, 0.15) is 39.5 Å². The topological polar surface area (TPSA) is 18.5 Å². The van der Waals surface area contributed by atoms with Gasteiger partial charge in [-0.05, 0) is 45.8 Å². The van der Waals surface area contributed by atoms with Crippen molar-refractivity contribution in [1.82, 2.24) is 15.1 Å². The molecule has 0 aromatic heterocycles. The molecule has 2 heterocycles. The molecular weight excluding hydrogens is 210 g/mol. The highest BCUT2D eigenvalue weighted by Gasteiger charge is 2.39. The molecule has 3 heteroatoms. The van der Waals surface area contributed by atoms with Crippen molar-refractivity contribution < 1.29 is 0 Å². The van der Waals surface area contributed by atoms with Crippen molar-refractivity contribution in [3.8, 4) is 0 Å². The molecule has 2 rings (SSSR count). The van der Waals surface area contributed by atoms with E-state index in [9.17, 15) is 0 Å². The second kappa shape index (κ2) is 6.17. The third kappa shape index (κ3) is 3.21. The van der Waals surface area contributed by atoms with Gasteiger partial charge in [0.05, 0.1) is 0 Å².